The van der Waals surface area contributed by atoms with Crippen molar-refractivity contribution in [1.29, 1.82) is 0 Å². The molecule has 0 spiro atoms. The minimum absolute atomic E-state index is 0.0508. The summed E-state index contributed by atoms with van der Waals surface area (Å²) in [6, 6.07) is 4.31. The lowest BCUT2D eigenvalue weighted by atomic mass is 10.1. The molecular formula is C15H19N3O4S2. The quantitative estimate of drug-likeness (QED) is 0.442. The van der Waals surface area contributed by atoms with Crippen LogP contribution in [-0.2, 0) is 20.8 Å². The van der Waals surface area contributed by atoms with E-state index in [-0.39, 0.29) is 11.5 Å². The van der Waals surface area contributed by atoms with E-state index in [4.69, 9.17) is 10.8 Å². The number of para-hydroxylation sites is 1. The van der Waals surface area contributed by atoms with E-state index < -0.39 is 35.9 Å². The Hall–Kier alpha value is -1.71. The number of nitrogens with one attached hydrogen (secondary N) is 1. The van der Waals surface area contributed by atoms with E-state index in [0.29, 0.717) is 12.1 Å². The Kier molecular flexibility index (Phi) is 6.14. The first-order chi connectivity index (χ1) is 11.4. The van der Waals surface area contributed by atoms with Gasteiger partial charge in [0, 0.05) is 23.6 Å². The highest BCUT2D eigenvalue weighted by atomic mass is 32.1. The van der Waals surface area contributed by atoms with Crippen molar-refractivity contribution in [2.24, 2.45) is 5.73 Å². The van der Waals surface area contributed by atoms with Crippen molar-refractivity contribution < 1.29 is 19.5 Å². The number of carbonyl (C=O) groups is 3. The smallest absolute Gasteiger partial charge is 0.327 e. The number of benzene rings is 1. The predicted octanol–water partition coefficient (Wildman–Crippen LogP) is -0.299. The fourth-order valence-electron chi connectivity index (χ4n) is 2.58. The van der Waals surface area contributed by atoms with Crippen molar-refractivity contribution in [3.05, 3.63) is 29.8 Å². The Morgan fingerprint density at radius 1 is 1.29 bits per heavy atom. The molecule has 0 aromatic heterocycles. The van der Waals surface area contributed by atoms with E-state index in [1.807, 2.05) is 12.1 Å². The zero-order valence-electron chi connectivity index (χ0n) is 12.8. The number of carbonyl (C=O) groups excluding carboxylic acids is 2. The molecule has 130 valence electrons. The predicted molar refractivity (Wildman–Crippen MR) is 96.7 cm³/mol. The molecule has 0 fully saturated rings. The van der Waals surface area contributed by atoms with Crippen molar-refractivity contribution >= 4 is 48.7 Å². The normalized spacial score (nSPS) is 18.6. The Labute approximate surface area is 150 Å². The van der Waals surface area contributed by atoms with E-state index in [9.17, 15) is 14.4 Å². The highest BCUT2D eigenvalue weighted by Crippen LogP contribution is 2.32. The van der Waals surface area contributed by atoms with E-state index in [1.54, 1.807) is 12.1 Å². The Balaban J connectivity index is 2.30. The number of fused-ring (bicyclic) bond motifs is 1. The second-order valence-corrected chi connectivity index (χ2v) is 6.16. The Morgan fingerprint density at radius 2 is 1.96 bits per heavy atom. The summed E-state index contributed by atoms with van der Waals surface area (Å²) in [5, 5.41) is 11.5. The van der Waals surface area contributed by atoms with Gasteiger partial charge in [0.05, 0.1) is 6.04 Å². The van der Waals surface area contributed by atoms with Crippen LogP contribution in [0, 0.1) is 0 Å². The number of thiol groups is 2. The molecule has 2 amide bonds. The topological polar surface area (TPSA) is 113 Å². The number of aliphatic carboxylic acids is 1. The number of amides is 2. The highest BCUT2D eigenvalue weighted by Gasteiger charge is 2.40. The Bertz CT molecular complexity index is 655. The molecule has 2 rings (SSSR count). The Morgan fingerprint density at radius 3 is 2.54 bits per heavy atom. The van der Waals surface area contributed by atoms with Gasteiger partial charge < -0.3 is 16.2 Å². The fourth-order valence-corrected chi connectivity index (χ4v) is 2.98. The van der Waals surface area contributed by atoms with Gasteiger partial charge in [-0.15, -0.1) is 0 Å². The summed E-state index contributed by atoms with van der Waals surface area (Å²) in [6.45, 7) is 0. The number of nitrogens with two attached hydrogens (primary N) is 1. The van der Waals surface area contributed by atoms with Crippen LogP contribution in [0.25, 0.3) is 0 Å². The summed E-state index contributed by atoms with van der Waals surface area (Å²) in [5.41, 5.74) is 7.22. The van der Waals surface area contributed by atoms with Crippen LogP contribution in [0.5, 0.6) is 0 Å². The van der Waals surface area contributed by atoms with Gasteiger partial charge in [-0.2, -0.15) is 25.3 Å². The first-order valence-corrected chi connectivity index (χ1v) is 8.58. The van der Waals surface area contributed by atoms with E-state index in [2.05, 4.69) is 30.6 Å². The summed E-state index contributed by atoms with van der Waals surface area (Å²) in [7, 11) is 0. The minimum Gasteiger partial charge on any atom is -0.480 e. The second kappa shape index (κ2) is 7.91. The molecule has 7 nitrogen and oxygen atoms in total. The average molecular weight is 369 g/mol. The van der Waals surface area contributed by atoms with Gasteiger partial charge in [0.25, 0.3) is 0 Å². The number of nitrogens with zero attached hydrogens (tertiary/aromatic N) is 1. The fraction of sp³-hybridized carbons (Fsp3) is 0.400. The zero-order valence-corrected chi connectivity index (χ0v) is 14.5. The van der Waals surface area contributed by atoms with Crippen LogP contribution in [0.4, 0.5) is 5.69 Å². The second-order valence-electron chi connectivity index (χ2n) is 5.43. The molecule has 3 atom stereocenters. The third-order valence-corrected chi connectivity index (χ3v) is 4.59. The maximum absolute atomic E-state index is 12.6. The molecule has 1 aromatic carbocycles. The van der Waals surface area contributed by atoms with Gasteiger partial charge >= 0.3 is 5.97 Å². The van der Waals surface area contributed by atoms with Crippen molar-refractivity contribution in [1.82, 2.24) is 5.32 Å². The number of carboxylic acids is 1. The van der Waals surface area contributed by atoms with Gasteiger partial charge in [0.2, 0.25) is 11.8 Å². The largest absolute Gasteiger partial charge is 0.480 e. The molecule has 9 heteroatoms. The van der Waals surface area contributed by atoms with Gasteiger partial charge in [0.1, 0.15) is 12.1 Å². The molecule has 0 saturated heterocycles. The van der Waals surface area contributed by atoms with Gasteiger partial charge in [-0.25, -0.2) is 4.79 Å². The summed E-state index contributed by atoms with van der Waals surface area (Å²) in [6.07, 6.45) is 0.298. The van der Waals surface area contributed by atoms with Crippen LogP contribution in [0.2, 0.25) is 0 Å². The van der Waals surface area contributed by atoms with E-state index >= 15 is 0 Å². The van der Waals surface area contributed by atoms with Gasteiger partial charge in [-0.3, -0.25) is 14.5 Å². The van der Waals surface area contributed by atoms with Gasteiger partial charge in [-0.05, 0) is 11.6 Å². The number of rotatable bonds is 6. The lowest BCUT2D eigenvalue weighted by Crippen LogP contribution is -2.56. The summed E-state index contributed by atoms with van der Waals surface area (Å²) in [5.74, 6) is -2.07. The average Bonchev–Trinajstić information content (AvgIpc) is 2.97. The van der Waals surface area contributed by atoms with Crippen molar-refractivity contribution in [3.63, 3.8) is 0 Å². The lowest BCUT2D eigenvalue weighted by molar-refractivity contribution is -0.141. The van der Waals surface area contributed by atoms with Crippen LogP contribution in [0.3, 0.4) is 0 Å². The molecule has 1 aliphatic rings. The van der Waals surface area contributed by atoms with Crippen LogP contribution in [0.15, 0.2) is 24.3 Å². The molecule has 24 heavy (non-hydrogen) atoms. The molecule has 4 N–H and O–H groups in total. The number of anilines is 1. The molecule has 3 unspecified atom stereocenters. The number of hydrogen-bond donors (Lipinski definition) is 5. The SMILES string of the molecule is NC(CS)C(=O)N1c2ccccc2CC1C(=O)NC(CS)C(=O)O. The number of hydrogen-bond acceptors (Lipinski definition) is 6. The van der Waals surface area contributed by atoms with Gasteiger partial charge in [0.15, 0.2) is 0 Å². The highest BCUT2D eigenvalue weighted by molar-refractivity contribution is 7.80. The minimum atomic E-state index is -1.18. The molecule has 1 heterocycles. The summed E-state index contributed by atoms with van der Waals surface area (Å²) >= 11 is 7.96. The first kappa shape index (κ1) is 18.6. The molecular weight excluding hydrogens is 350 g/mol. The monoisotopic (exact) mass is 369 g/mol. The van der Waals surface area contributed by atoms with Crippen molar-refractivity contribution in [2.75, 3.05) is 16.4 Å². The maximum Gasteiger partial charge on any atom is 0.327 e. The summed E-state index contributed by atoms with van der Waals surface area (Å²) in [4.78, 5) is 37.6. The standard InChI is InChI=1S/C15H19N3O4S2/c16-9(6-23)14(20)18-11-4-2-1-3-8(11)5-12(18)13(19)17-10(7-24)15(21)22/h1-4,9-10,12,23-24H,5-7,16H2,(H,17,19)(H,21,22). The third kappa shape index (κ3) is 3.68. The molecule has 0 radical (unpaired) electrons. The first-order valence-electron chi connectivity index (χ1n) is 7.32. The van der Waals surface area contributed by atoms with Crippen molar-refractivity contribution in [3.8, 4) is 0 Å². The van der Waals surface area contributed by atoms with Crippen LogP contribution >= 0.6 is 25.3 Å². The molecule has 0 saturated carbocycles. The van der Waals surface area contributed by atoms with E-state index in [0.717, 1.165) is 5.56 Å². The number of carboxylic acid groups (broad SMARTS) is 1. The van der Waals surface area contributed by atoms with Crippen LogP contribution in [-0.4, -0.2) is 52.5 Å². The molecule has 0 bridgehead atoms. The van der Waals surface area contributed by atoms with Crippen LogP contribution in [0.1, 0.15) is 5.56 Å². The maximum atomic E-state index is 12.6. The third-order valence-electron chi connectivity index (χ3n) is 3.83. The van der Waals surface area contributed by atoms with E-state index in [1.165, 1.54) is 4.90 Å². The lowest BCUT2D eigenvalue weighted by Gasteiger charge is -2.27. The van der Waals surface area contributed by atoms with Crippen molar-refractivity contribution in [2.45, 2.75) is 24.5 Å². The molecule has 1 aromatic rings. The molecule has 0 aliphatic carbocycles. The van der Waals surface area contributed by atoms with Crippen LogP contribution < -0.4 is 16.0 Å². The zero-order chi connectivity index (χ0) is 17.9. The summed E-state index contributed by atoms with van der Waals surface area (Å²) < 4.78 is 0. The van der Waals surface area contributed by atoms with Gasteiger partial charge in [-0.1, -0.05) is 18.2 Å². The molecule has 1 aliphatic heterocycles.